The minimum Gasteiger partial charge on any atom is -0.493 e. The third-order valence-electron chi connectivity index (χ3n) is 5.47. The molecule has 2 aromatic rings. The molecule has 1 aliphatic heterocycles. The van der Waals surface area contributed by atoms with E-state index in [1.807, 2.05) is 12.1 Å². The molecule has 8 nitrogen and oxygen atoms in total. The van der Waals surface area contributed by atoms with Gasteiger partial charge in [-0.1, -0.05) is 24.3 Å². The second-order valence-electron chi connectivity index (χ2n) is 7.47. The zero-order valence-electron chi connectivity index (χ0n) is 19.4. The Balaban J connectivity index is 1.60. The molecule has 1 saturated heterocycles. The van der Waals surface area contributed by atoms with Crippen molar-refractivity contribution in [3.05, 3.63) is 53.1 Å². The summed E-state index contributed by atoms with van der Waals surface area (Å²) < 4.78 is 21.7. The maximum absolute atomic E-state index is 5.47. The Hall–Kier alpha value is -2.97. The number of benzene rings is 2. The molecule has 3 rings (SSSR count). The SMILES string of the molecule is CN=C(NCc1cc(OC)c(OC)c(OC)c1)NCc1ccccc1CN1CCOCC1. The van der Waals surface area contributed by atoms with Gasteiger partial charge in [0.2, 0.25) is 5.75 Å². The molecule has 0 saturated carbocycles. The summed E-state index contributed by atoms with van der Waals surface area (Å²) in [5.41, 5.74) is 3.58. The molecule has 8 heteroatoms. The van der Waals surface area contributed by atoms with Crippen molar-refractivity contribution in [2.45, 2.75) is 19.6 Å². The molecule has 174 valence electrons. The fourth-order valence-electron chi connectivity index (χ4n) is 3.71. The normalized spacial score (nSPS) is 14.7. The van der Waals surface area contributed by atoms with Gasteiger partial charge < -0.3 is 29.6 Å². The van der Waals surface area contributed by atoms with Crippen LogP contribution in [-0.2, 0) is 24.4 Å². The highest BCUT2D eigenvalue weighted by Crippen LogP contribution is 2.38. The Labute approximate surface area is 190 Å². The lowest BCUT2D eigenvalue weighted by Gasteiger charge is -2.27. The molecule has 1 fully saturated rings. The Morgan fingerprint density at radius 3 is 2.16 bits per heavy atom. The first-order valence-corrected chi connectivity index (χ1v) is 10.8. The molecule has 0 aromatic heterocycles. The minimum atomic E-state index is 0.561. The lowest BCUT2D eigenvalue weighted by atomic mass is 10.1. The Morgan fingerprint density at radius 1 is 0.938 bits per heavy atom. The summed E-state index contributed by atoms with van der Waals surface area (Å²) in [4.78, 5) is 6.79. The standard InChI is InChI=1S/C24H34N4O4/c1-25-24(26-15-18-13-21(29-2)23(31-4)22(14-18)30-3)27-16-19-7-5-6-8-20(19)17-28-9-11-32-12-10-28/h5-8,13-14H,9-12,15-17H2,1-4H3,(H2,25,26,27). The lowest BCUT2D eigenvalue weighted by molar-refractivity contribution is 0.0341. The molecule has 0 radical (unpaired) electrons. The molecule has 0 unspecified atom stereocenters. The van der Waals surface area contributed by atoms with E-state index in [1.165, 1.54) is 11.1 Å². The Morgan fingerprint density at radius 2 is 1.56 bits per heavy atom. The number of ether oxygens (including phenoxy) is 4. The van der Waals surface area contributed by atoms with Crippen LogP contribution in [0.15, 0.2) is 41.4 Å². The first-order chi connectivity index (χ1) is 15.7. The topological polar surface area (TPSA) is 76.6 Å². The average molecular weight is 443 g/mol. The molecule has 0 spiro atoms. The predicted octanol–water partition coefficient (Wildman–Crippen LogP) is 2.41. The molecule has 2 aromatic carbocycles. The number of rotatable bonds is 9. The van der Waals surface area contributed by atoms with Crippen LogP contribution in [0.1, 0.15) is 16.7 Å². The summed E-state index contributed by atoms with van der Waals surface area (Å²) in [5, 5.41) is 6.78. The number of hydrogen-bond donors (Lipinski definition) is 2. The zero-order valence-corrected chi connectivity index (χ0v) is 19.4. The quantitative estimate of drug-likeness (QED) is 0.456. The summed E-state index contributed by atoms with van der Waals surface area (Å²) in [6.45, 7) is 5.73. The number of methoxy groups -OCH3 is 3. The smallest absolute Gasteiger partial charge is 0.203 e. The monoisotopic (exact) mass is 442 g/mol. The van der Waals surface area contributed by atoms with Crippen LogP contribution < -0.4 is 24.8 Å². The van der Waals surface area contributed by atoms with Crippen LogP contribution in [0.3, 0.4) is 0 Å². The van der Waals surface area contributed by atoms with Crippen LogP contribution in [0.4, 0.5) is 0 Å². The molecular formula is C24H34N4O4. The highest BCUT2D eigenvalue weighted by molar-refractivity contribution is 5.79. The lowest BCUT2D eigenvalue weighted by Crippen LogP contribution is -2.37. The van der Waals surface area contributed by atoms with Crippen LogP contribution in [-0.4, -0.2) is 65.5 Å². The van der Waals surface area contributed by atoms with Gasteiger partial charge in [-0.2, -0.15) is 0 Å². The number of nitrogens with one attached hydrogen (secondary N) is 2. The summed E-state index contributed by atoms with van der Waals surface area (Å²) in [6.07, 6.45) is 0. The molecule has 32 heavy (non-hydrogen) atoms. The summed E-state index contributed by atoms with van der Waals surface area (Å²) in [6, 6.07) is 12.4. The maximum atomic E-state index is 5.47. The predicted molar refractivity (Wildman–Crippen MR) is 126 cm³/mol. The van der Waals surface area contributed by atoms with Gasteiger partial charge in [-0.25, -0.2) is 0 Å². The maximum Gasteiger partial charge on any atom is 0.203 e. The molecule has 2 N–H and O–H groups in total. The van der Waals surface area contributed by atoms with E-state index in [9.17, 15) is 0 Å². The number of guanidine groups is 1. The van der Waals surface area contributed by atoms with E-state index in [1.54, 1.807) is 28.4 Å². The van der Waals surface area contributed by atoms with Crippen LogP contribution in [0.25, 0.3) is 0 Å². The van der Waals surface area contributed by atoms with Crippen molar-refractivity contribution < 1.29 is 18.9 Å². The van der Waals surface area contributed by atoms with Gasteiger partial charge >= 0.3 is 0 Å². The van der Waals surface area contributed by atoms with Gasteiger partial charge in [-0.3, -0.25) is 9.89 Å². The van der Waals surface area contributed by atoms with Crippen molar-refractivity contribution in [3.8, 4) is 17.2 Å². The zero-order chi connectivity index (χ0) is 22.8. The summed E-state index contributed by atoms with van der Waals surface area (Å²) in [7, 11) is 6.60. The molecule has 0 amide bonds. The molecule has 1 aliphatic rings. The van der Waals surface area contributed by atoms with Gasteiger partial charge in [-0.05, 0) is 28.8 Å². The van der Waals surface area contributed by atoms with Crippen molar-refractivity contribution >= 4 is 5.96 Å². The van der Waals surface area contributed by atoms with E-state index in [0.717, 1.165) is 44.4 Å². The van der Waals surface area contributed by atoms with E-state index < -0.39 is 0 Å². The van der Waals surface area contributed by atoms with Gasteiger partial charge in [0, 0.05) is 39.8 Å². The minimum absolute atomic E-state index is 0.561. The molecule has 0 aliphatic carbocycles. The molecule has 1 heterocycles. The molecular weight excluding hydrogens is 408 g/mol. The van der Waals surface area contributed by atoms with Crippen LogP contribution in [0.2, 0.25) is 0 Å². The fourth-order valence-corrected chi connectivity index (χ4v) is 3.71. The van der Waals surface area contributed by atoms with Gasteiger partial charge in [0.15, 0.2) is 17.5 Å². The second-order valence-corrected chi connectivity index (χ2v) is 7.47. The highest BCUT2D eigenvalue weighted by atomic mass is 16.5. The molecule has 0 atom stereocenters. The van der Waals surface area contributed by atoms with Gasteiger partial charge in [-0.15, -0.1) is 0 Å². The van der Waals surface area contributed by atoms with E-state index in [4.69, 9.17) is 18.9 Å². The summed E-state index contributed by atoms with van der Waals surface area (Å²) in [5.74, 6) is 2.56. The average Bonchev–Trinajstić information content (AvgIpc) is 2.84. The van der Waals surface area contributed by atoms with Crippen LogP contribution >= 0.6 is 0 Å². The third-order valence-corrected chi connectivity index (χ3v) is 5.47. The van der Waals surface area contributed by atoms with Gasteiger partial charge in [0.1, 0.15) is 0 Å². The second kappa shape index (κ2) is 12.2. The van der Waals surface area contributed by atoms with Crippen molar-refractivity contribution in [3.63, 3.8) is 0 Å². The fraction of sp³-hybridized carbons (Fsp3) is 0.458. The van der Waals surface area contributed by atoms with Crippen molar-refractivity contribution in [2.24, 2.45) is 4.99 Å². The van der Waals surface area contributed by atoms with E-state index in [2.05, 4.69) is 44.8 Å². The number of nitrogens with zero attached hydrogens (tertiary/aromatic N) is 2. The van der Waals surface area contributed by atoms with Gasteiger partial charge in [0.25, 0.3) is 0 Å². The van der Waals surface area contributed by atoms with E-state index in [-0.39, 0.29) is 0 Å². The molecule has 0 bridgehead atoms. The number of hydrogen-bond acceptors (Lipinski definition) is 6. The first-order valence-electron chi connectivity index (χ1n) is 10.8. The van der Waals surface area contributed by atoms with Crippen molar-refractivity contribution in [1.82, 2.24) is 15.5 Å². The van der Waals surface area contributed by atoms with E-state index >= 15 is 0 Å². The highest BCUT2D eigenvalue weighted by Gasteiger charge is 2.14. The van der Waals surface area contributed by atoms with Crippen molar-refractivity contribution in [2.75, 3.05) is 54.7 Å². The Kier molecular flexibility index (Phi) is 9.01. The summed E-state index contributed by atoms with van der Waals surface area (Å²) >= 11 is 0. The number of aliphatic imine (C=N–C) groups is 1. The third kappa shape index (κ3) is 6.27. The van der Waals surface area contributed by atoms with E-state index in [0.29, 0.717) is 30.3 Å². The Bertz CT molecular complexity index is 872. The number of morpholine rings is 1. The van der Waals surface area contributed by atoms with Crippen molar-refractivity contribution in [1.29, 1.82) is 0 Å². The van der Waals surface area contributed by atoms with Crippen LogP contribution in [0.5, 0.6) is 17.2 Å². The first kappa shape index (κ1) is 23.7. The van der Waals surface area contributed by atoms with Crippen LogP contribution in [0, 0.1) is 0 Å². The largest absolute Gasteiger partial charge is 0.493 e. The van der Waals surface area contributed by atoms with Gasteiger partial charge in [0.05, 0.1) is 34.5 Å².